The number of hydrogen-bond donors (Lipinski definition) is 0. The van der Waals surface area contributed by atoms with Crippen LogP contribution in [0.5, 0.6) is 0 Å². The third kappa shape index (κ3) is 3.33. The largest absolute Gasteiger partial charge is 0.423 e. The van der Waals surface area contributed by atoms with Crippen molar-refractivity contribution in [2.45, 2.75) is 23.7 Å². The lowest BCUT2D eigenvalue weighted by Crippen LogP contribution is -2.40. The van der Waals surface area contributed by atoms with Crippen LogP contribution in [0.4, 0.5) is 0 Å². The van der Waals surface area contributed by atoms with E-state index >= 15 is 0 Å². The minimum absolute atomic E-state index is 0.0484. The smallest absolute Gasteiger partial charge is 0.336 e. The van der Waals surface area contributed by atoms with Crippen molar-refractivity contribution in [2.24, 2.45) is 0 Å². The first-order chi connectivity index (χ1) is 17.7. The number of para-hydroxylation sites is 2. The number of thiophene rings is 2. The summed E-state index contributed by atoms with van der Waals surface area (Å²) in [7, 11) is 0. The van der Waals surface area contributed by atoms with Crippen LogP contribution in [-0.4, -0.2) is 0 Å². The molecule has 1 aliphatic carbocycles. The molecule has 1 aliphatic rings. The molecule has 0 N–H and O–H groups in total. The Balaban J connectivity index is 1.52. The summed E-state index contributed by atoms with van der Waals surface area (Å²) < 4.78 is 11.1. The van der Waals surface area contributed by atoms with Crippen molar-refractivity contribution >= 4 is 44.6 Å². The third-order valence-corrected chi connectivity index (χ3v) is 9.32. The van der Waals surface area contributed by atoms with Crippen LogP contribution in [0.25, 0.3) is 21.9 Å². The molecule has 0 spiro atoms. The minimum atomic E-state index is -0.340. The Bertz CT molecular complexity index is 1670. The number of benzene rings is 2. The van der Waals surface area contributed by atoms with Crippen LogP contribution in [-0.2, 0) is 0 Å². The van der Waals surface area contributed by atoms with E-state index < -0.39 is 0 Å². The van der Waals surface area contributed by atoms with Gasteiger partial charge in [0, 0.05) is 56.3 Å². The molecule has 2 aromatic carbocycles. The second-order valence-electron chi connectivity index (χ2n) is 9.17. The first-order valence-corrected chi connectivity index (χ1v) is 13.6. The van der Waals surface area contributed by atoms with E-state index in [1.165, 1.54) is 9.75 Å². The van der Waals surface area contributed by atoms with Gasteiger partial charge in [0.2, 0.25) is 0 Å². The van der Waals surface area contributed by atoms with E-state index in [9.17, 15) is 9.59 Å². The van der Waals surface area contributed by atoms with Crippen molar-refractivity contribution in [1.82, 2.24) is 0 Å². The molecule has 0 saturated heterocycles. The predicted octanol–water partition coefficient (Wildman–Crippen LogP) is 7.47. The molecular formula is C30H20O4S2. The summed E-state index contributed by atoms with van der Waals surface area (Å²) in [6.07, 6.45) is 0. The standard InChI is InChI=1S/C30H20O4S2/c31-25-15-19(17-7-1-3-9-21(17)33-25)27-29(23-11-5-13-35-23)28(30(27)24-12-6-14-36-24)20-16-26(32)34-22-10-4-2-8-18(20)22/h1-16,27-30H. The van der Waals surface area contributed by atoms with Gasteiger partial charge < -0.3 is 8.83 Å². The van der Waals surface area contributed by atoms with Crippen LogP contribution in [0.2, 0.25) is 0 Å². The maximum atomic E-state index is 12.7. The molecule has 0 atom stereocenters. The zero-order valence-electron chi connectivity index (χ0n) is 19.0. The van der Waals surface area contributed by atoms with E-state index in [0.29, 0.717) is 11.2 Å². The first-order valence-electron chi connectivity index (χ1n) is 11.8. The number of rotatable bonds is 4. The van der Waals surface area contributed by atoms with E-state index in [2.05, 4.69) is 35.0 Å². The van der Waals surface area contributed by atoms with Gasteiger partial charge in [-0.05, 0) is 46.2 Å². The highest BCUT2D eigenvalue weighted by Crippen LogP contribution is 2.68. The topological polar surface area (TPSA) is 60.4 Å². The van der Waals surface area contributed by atoms with Gasteiger partial charge in [-0.25, -0.2) is 9.59 Å². The van der Waals surface area contributed by atoms with Crippen molar-refractivity contribution in [3.05, 3.63) is 137 Å². The van der Waals surface area contributed by atoms with Crippen molar-refractivity contribution in [3.63, 3.8) is 0 Å². The molecule has 0 aliphatic heterocycles. The predicted molar refractivity (Wildman–Crippen MR) is 145 cm³/mol. The summed E-state index contributed by atoms with van der Waals surface area (Å²) in [5.74, 6) is 0.277. The van der Waals surface area contributed by atoms with Crippen LogP contribution in [0, 0.1) is 0 Å². The highest BCUT2D eigenvalue weighted by atomic mass is 32.1. The van der Waals surface area contributed by atoms with Gasteiger partial charge in [-0.3, -0.25) is 0 Å². The molecule has 6 aromatic rings. The van der Waals surface area contributed by atoms with Gasteiger partial charge >= 0.3 is 11.3 Å². The van der Waals surface area contributed by atoms with Crippen molar-refractivity contribution in [2.75, 3.05) is 0 Å². The lowest BCUT2D eigenvalue weighted by Gasteiger charge is -2.52. The average Bonchev–Trinajstić information content (AvgIpc) is 3.58. The molecule has 4 heterocycles. The molecule has 1 saturated carbocycles. The Hall–Kier alpha value is -3.74. The second-order valence-corrected chi connectivity index (χ2v) is 11.1. The third-order valence-electron chi connectivity index (χ3n) is 7.37. The molecule has 4 nitrogen and oxygen atoms in total. The molecule has 36 heavy (non-hydrogen) atoms. The summed E-state index contributed by atoms with van der Waals surface area (Å²) in [6.45, 7) is 0. The summed E-state index contributed by atoms with van der Waals surface area (Å²) in [5, 5.41) is 6.11. The highest BCUT2D eigenvalue weighted by Gasteiger charge is 2.54. The highest BCUT2D eigenvalue weighted by molar-refractivity contribution is 7.10. The number of fused-ring (bicyclic) bond motifs is 2. The molecule has 4 aromatic heterocycles. The Kier molecular flexibility index (Phi) is 5.04. The van der Waals surface area contributed by atoms with E-state index in [1.807, 2.05) is 48.5 Å². The van der Waals surface area contributed by atoms with Crippen LogP contribution < -0.4 is 11.3 Å². The van der Waals surface area contributed by atoms with Crippen LogP contribution in [0.15, 0.2) is 114 Å². The van der Waals surface area contributed by atoms with E-state index in [1.54, 1.807) is 34.8 Å². The van der Waals surface area contributed by atoms with Crippen molar-refractivity contribution in [1.29, 1.82) is 0 Å². The van der Waals surface area contributed by atoms with Crippen LogP contribution in [0.3, 0.4) is 0 Å². The minimum Gasteiger partial charge on any atom is -0.423 e. The van der Waals surface area contributed by atoms with Gasteiger partial charge in [-0.15, -0.1) is 22.7 Å². The van der Waals surface area contributed by atoms with E-state index in [-0.39, 0.29) is 34.9 Å². The van der Waals surface area contributed by atoms with E-state index in [0.717, 1.165) is 21.9 Å². The van der Waals surface area contributed by atoms with Gasteiger partial charge in [-0.1, -0.05) is 48.5 Å². The van der Waals surface area contributed by atoms with Gasteiger partial charge in [-0.2, -0.15) is 0 Å². The fourth-order valence-electron chi connectivity index (χ4n) is 6.02. The molecule has 6 heteroatoms. The Morgan fingerprint density at radius 2 is 0.972 bits per heavy atom. The lowest BCUT2D eigenvalue weighted by atomic mass is 9.51. The SMILES string of the molecule is O=c1cc(C2C(c3cccs3)C(c3cc(=O)oc4ccccc34)C2c2cccs2)c2ccccc2o1. The van der Waals surface area contributed by atoms with Crippen molar-refractivity contribution < 1.29 is 8.83 Å². The molecule has 0 unspecified atom stereocenters. The van der Waals surface area contributed by atoms with Gasteiger partial charge in [0.15, 0.2) is 0 Å². The lowest BCUT2D eigenvalue weighted by molar-refractivity contribution is 0.237. The fraction of sp³-hybridized carbons (Fsp3) is 0.133. The zero-order chi connectivity index (χ0) is 24.2. The van der Waals surface area contributed by atoms with Crippen LogP contribution in [0.1, 0.15) is 44.6 Å². The quantitative estimate of drug-likeness (QED) is 0.232. The Morgan fingerprint density at radius 3 is 1.39 bits per heavy atom. The van der Waals surface area contributed by atoms with Gasteiger partial charge in [0.1, 0.15) is 11.2 Å². The summed E-state index contributed by atoms with van der Waals surface area (Å²) in [5.41, 5.74) is 2.53. The Labute approximate surface area is 214 Å². The second kappa shape index (κ2) is 8.43. The average molecular weight is 509 g/mol. The van der Waals surface area contributed by atoms with E-state index in [4.69, 9.17) is 8.83 Å². The zero-order valence-corrected chi connectivity index (χ0v) is 20.6. The molecule has 1 fully saturated rings. The molecule has 0 bridgehead atoms. The van der Waals surface area contributed by atoms with Gasteiger partial charge in [0.05, 0.1) is 0 Å². The summed E-state index contributed by atoms with van der Waals surface area (Å²) >= 11 is 3.44. The maximum absolute atomic E-state index is 12.7. The number of hydrogen-bond acceptors (Lipinski definition) is 6. The molecular weight excluding hydrogens is 488 g/mol. The van der Waals surface area contributed by atoms with Crippen molar-refractivity contribution in [3.8, 4) is 0 Å². The summed E-state index contributed by atoms with van der Waals surface area (Å²) in [4.78, 5) is 27.9. The molecule has 0 radical (unpaired) electrons. The molecule has 176 valence electrons. The first kappa shape index (κ1) is 21.5. The molecule has 7 rings (SSSR count). The Morgan fingerprint density at radius 1 is 0.528 bits per heavy atom. The monoisotopic (exact) mass is 508 g/mol. The normalized spacial score (nSPS) is 21.6. The molecule has 0 amide bonds. The maximum Gasteiger partial charge on any atom is 0.336 e. The fourth-order valence-corrected chi connectivity index (χ4v) is 7.86. The summed E-state index contributed by atoms with van der Waals surface area (Å²) in [6, 6.07) is 27.3. The van der Waals surface area contributed by atoms with Crippen LogP contribution >= 0.6 is 22.7 Å². The van der Waals surface area contributed by atoms with Gasteiger partial charge in [0.25, 0.3) is 0 Å².